The molecule has 19 heavy (non-hydrogen) atoms. The van der Waals surface area contributed by atoms with Crippen molar-refractivity contribution in [1.29, 1.82) is 0 Å². The molecule has 0 saturated heterocycles. The van der Waals surface area contributed by atoms with Crippen molar-refractivity contribution in [1.82, 2.24) is 5.32 Å². The second-order valence-corrected chi connectivity index (χ2v) is 6.88. The maximum absolute atomic E-state index is 9.33. The van der Waals surface area contributed by atoms with Crippen molar-refractivity contribution in [3.05, 3.63) is 0 Å². The number of hydrogen-bond acceptors (Lipinski definition) is 4. The van der Waals surface area contributed by atoms with Crippen molar-refractivity contribution < 1.29 is 17.2 Å². The van der Waals surface area contributed by atoms with Gasteiger partial charge in [0, 0.05) is 0 Å². The summed E-state index contributed by atoms with van der Waals surface area (Å²) in [4.78, 5) is 0. The highest BCUT2D eigenvalue weighted by molar-refractivity contribution is 7.80. The zero-order chi connectivity index (χ0) is 15.6. The molecule has 0 fully saturated rings. The molecule has 118 valence electrons. The lowest BCUT2D eigenvalue weighted by atomic mass is 9.96. The van der Waals surface area contributed by atoms with Crippen LogP contribution in [0.25, 0.3) is 0 Å². The Balaban J connectivity index is 0. The van der Waals surface area contributed by atoms with Crippen LogP contribution in [0.3, 0.4) is 0 Å². The van der Waals surface area contributed by atoms with E-state index in [0.29, 0.717) is 0 Å². The summed E-state index contributed by atoms with van der Waals surface area (Å²) in [6.07, 6.45) is 0. The van der Waals surface area contributed by atoms with Gasteiger partial charge >= 0.3 is 10.4 Å². The molecular weight excluding hydrogens is 266 g/mol. The lowest BCUT2D eigenvalue weighted by molar-refractivity contribution is 0.324. The van der Waals surface area contributed by atoms with Gasteiger partial charge in [-0.2, -0.15) is 8.42 Å². The smallest absolute Gasteiger partial charge is 0.316 e. The maximum atomic E-state index is 9.33. The van der Waals surface area contributed by atoms with Crippen molar-refractivity contribution in [2.75, 3.05) is 20.2 Å². The zero-order valence-electron chi connectivity index (χ0n) is 13.3. The molecule has 0 aliphatic carbocycles. The molecule has 2 unspecified atom stereocenters. The lowest BCUT2D eigenvalue weighted by Crippen LogP contribution is -2.29. The SMILES string of the molecule is CC(C)C(C)CNCC(C)C(C)C.COS(=O)(=O)O. The Labute approximate surface area is 119 Å². The number of hydrogen-bond donors (Lipinski definition) is 2. The van der Waals surface area contributed by atoms with E-state index in [-0.39, 0.29) is 0 Å². The van der Waals surface area contributed by atoms with Crippen LogP contribution >= 0.6 is 0 Å². The second kappa shape index (κ2) is 10.6. The fourth-order valence-corrected chi connectivity index (χ4v) is 1.01. The van der Waals surface area contributed by atoms with Gasteiger partial charge in [-0.1, -0.05) is 41.5 Å². The standard InChI is InChI=1S/C12H27N.CH4O4S/c1-9(2)11(5)7-13-8-12(6)10(3)4;1-5-6(2,3)4/h9-13H,7-8H2,1-6H3;1H3,(H,2,3,4). The van der Waals surface area contributed by atoms with Crippen LogP contribution in [0.1, 0.15) is 41.5 Å². The summed E-state index contributed by atoms with van der Waals surface area (Å²) in [6.45, 7) is 16.1. The van der Waals surface area contributed by atoms with Gasteiger partial charge in [0.25, 0.3) is 0 Å². The van der Waals surface area contributed by atoms with Gasteiger partial charge in [-0.3, -0.25) is 8.74 Å². The summed E-state index contributed by atoms with van der Waals surface area (Å²) in [6, 6.07) is 0. The Kier molecular flexibility index (Phi) is 11.8. The first-order valence-corrected chi connectivity index (χ1v) is 8.11. The minimum Gasteiger partial charge on any atom is -0.316 e. The van der Waals surface area contributed by atoms with Crippen molar-refractivity contribution in [3.63, 3.8) is 0 Å². The average molecular weight is 297 g/mol. The van der Waals surface area contributed by atoms with Gasteiger partial charge in [0.15, 0.2) is 0 Å². The van der Waals surface area contributed by atoms with Crippen LogP contribution in [-0.4, -0.2) is 33.2 Å². The summed E-state index contributed by atoms with van der Waals surface area (Å²) in [5, 5.41) is 3.55. The molecule has 0 bridgehead atoms. The van der Waals surface area contributed by atoms with Gasteiger partial charge in [0.1, 0.15) is 0 Å². The zero-order valence-corrected chi connectivity index (χ0v) is 14.1. The third-order valence-electron chi connectivity index (χ3n) is 3.42. The predicted octanol–water partition coefficient (Wildman–Crippen LogP) is 2.60. The van der Waals surface area contributed by atoms with E-state index in [9.17, 15) is 8.42 Å². The van der Waals surface area contributed by atoms with Gasteiger partial charge in [-0.25, -0.2) is 0 Å². The monoisotopic (exact) mass is 297 g/mol. The molecule has 0 saturated carbocycles. The molecule has 0 heterocycles. The maximum Gasteiger partial charge on any atom is 0.397 e. The van der Waals surface area contributed by atoms with Crippen molar-refractivity contribution in [2.24, 2.45) is 23.7 Å². The number of nitrogens with one attached hydrogen (secondary N) is 1. The van der Waals surface area contributed by atoms with Crippen molar-refractivity contribution in [3.8, 4) is 0 Å². The molecule has 0 aliphatic rings. The van der Waals surface area contributed by atoms with E-state index in [2.05, 4.69) is 51.0 Å². The molecule has 6 heteroatoms. The highest BCUT2D eigenvalue weighted by atomic mass is 32.3. The van der Waals surface area contributed by atoms with E-state index < -0.39 is 10.4 Å². The third kappa shape index (κ3) is 15.8. The van der Waals surface area contributed by atoms with E-state index in [1.54, 1.807) is 0 Å². The van der Waals surface area contributed by atoms with Crippen LogP contribution < -0.4 is 5.32 Å². The Morgan fingerprint density at radius 3 is 1.37 bits per heavy atom. The molecule has 0 radical (unpaired) electrons. The molecule has 0 amide bonds. The second-order valence-electron chi connectivity index (χ2n) is 5.70. The van der Waals surface area contributed by atoms with Crippen LogP contribution in [0.15, 0.2) is 0 Å². The molecule has 2 atom stereocenters. The molecule has 0 spiro atoms. The van der Waals surface area contributed by atoms with Gasteiger partial charge < -0.3 is 5.32 Å². The molecule has 0 aromatic rings. The summed E-state index contributed by atoms with van der Waals surface area (Å²) in [5.74, 6) is 3.17. The lowest BCUT2D eigenvalue weighted by Gasteiger charge is -2.20. The van der Waals surface area contributed by atoms with Crippen LogP contribution in [-0.2, 0) is 14.6 Å². The van der Waals surface area contributed by atoms with Crippen LogP contribution in [0.4, 0.5) is 0 Å². The van der Waals surface area contributed by atoms with Crippen LogP contribution in [0.2, 0.25) is 0 Å². The third-order valence-corrected chi connectivity index (χ3v) is 3.84. The molecule has 0 rings (SSSR count). The average Bonchev–Trinajstić information content (AvgIpc) is 2.28. The summed E-state index contributed by atoms with van der Waals surface area (Å²) in [7, 11) is -3.29. The van der Waals surface area contributed by atoms with E-state index >= 15 is 0 Å². The Morgan fingerprint density at radius 2 is 1.21 bits per heavy atom. The van der Waals surface area contributed by atoms with Gasteiger partial charge in [0.2, 0.25) is 0 Å². The fourth-order valence-electron chi connectivity index (χ4n) is 1.01. The van der Waals surface area contributed by atoms with Crippen molar-refractivity contribution in [2.45, 2.75) is 41.5 Å². The van der Waals surface area contributed by atoms with E-state index in [1.807, 2.05) is 0 Å². The fraction of sp³-hybridized carbons (Fsp3) is 1.00. The highest BCUT2D eigenvalue weighted by Crippen LogP contribution is 2.10. The minimum atomic E-state index is -4.16. The summed E-state index contributed by atoms with van der Waals surface area (Å²) >= 11 is 0. The van der Waals surface area contributed by atoms with E-state index in [4.69, 9.17) is 4.55 Å². The minimum absolute atomic E-state index is 0.791. The van der Waals surface area contributed by atoms with Crippen LogP contribution in [0, 0.1) is 23.7 Å². The first kappa shape index (κ1) is 21.1. The van der Waals surface area contributed by atoms with E-state index in [1.165, 1.54) is 0 Å². The largest absolute Gasteiger partial charge is 0.397 e. The summed E-state index contributed by atoms with van der Waals surface area (Å²) < 4.78 is 29.7. The molecular formula is C13H31NO4S. The van der Waals surface area contributed by atoms with Gasteiger partial charge in [0.05, 0.1) is 7.11 Å². The Morgan fingerprint density at radius 1 is 0.947 bits per heavy atom. The molecule has 0 aromatic carbocycles. The first-order valence-electron chi connectivity index (χ1n) is 6.75. The Bertz CT molecular complexity index is 288. The first-order chi connectivity index (χ1) is 8.51. The molecule has 5 nitrogen and oxygen atoms in total. The predicted molar refractivity (Wildman–Crippen MR) is 79.4 cm³/mol. The van der Waals surface area contributed by atoms with Crippen molar-refractivity contribution >= 4 is 10.4 Å². The van der Waals surface area contributed by atoms with Gasteiger partial charge in [-0.05, 0) is 36.8 Å². The Hall–Kier alpha value is -0.170. The topological polar surface area (TPSA) is 75.6 Å². The molecule has 0 aliphatic heterocycles. The van der Waals surface area contributed by atoms with Crippen LogP contribution in [0.5, 0.6) is 0 Å². The quantitative estimate of drug-likeness (QED) is 0.706. The summed E-state index contributed by atoms with van der Waals surface area (Å²) in [5.41, 5.74) is 0. The molecule has 2 N–H and O–H groups in total. The highest BCUT2D eigenvalue weighted by Gasteiger charge is 2.09. The normalized spacial score (nSPS) is 15.1. The van der Waals surface area contributed by atoms with Gasteiger partial charge in [-0.15, -0.1) is 0 Å². The molecule has 0 aromatic heterocycles. The van der Waals surface area contributed by atoms with E-state index in [0.717, 1.165) is 43.9 Å². The number of rotatable bonds is 7.